The molecule has 0 saturated heterocycles. The third-order valence-corrected chi connectivity index (χ3v) is 3.96. The second-order valence-electron chi connectivity index (χ2n) is 5.63. The van der Waals surface area contributed by atoms with E-state index in [1.165, 1.54) is 0 Å². The van der Waals surface area contributed by atoms with Gasteiger partial charge in [0.05, 0.1) is 11.7 Å². The van der Waals surface area contributed by atoms with Crippen LogP contribution in [0.5, 0.6) is 5.75 Å². The lowest BCUT2D eigenvalue weighted by atomic mass is 9.96. The van der Waals surface area contributed by atoms with E-state index in [0.29, 0.717) is 27.6 Å². The number of aryl methyl sites for hydroxylation is 1. The van der Waals surface area contributed by atoms with Gasteiger partial charge >= 0.3 is 0 Å². The van der Waals surface area contributed by atoms with E-state index in [9.17, 15) is 4.79 Å². The quantitative estimate of drug-likeness (QED) is 0.664. The van der Waals surface area contributed by atoms with Crippen LogP contribution in [0.25, 0.3) is 0 Å². The highest BCUT2D eigenvalue weighted by Crippen LogP contribution is 2.34. The van der Waals surface area contributed by atoms with Crippen LogP contribution in [0.15, 0.2) is 30.3 Å². The number of halogens is 1. The highest BCUT2D eigenvalue weighted by atomic mass is 35.5. The Labute approximate surface area is 136 Å². The van der Waals surface area contributed by atoms with Gasteiger partial charge in [-0.25, -0.2) is 0 Å². The summed E-state index contributed by atoms with van der Waals surface area (Å²) in [5.74, 6) is 0.421. The van der Waals surface area contributed by atoms with Crippen molar-refractivity contribution in [1.29, 1.82) is 0 Å². The van der Waals surface area contributed by atoms with E-state index in [-0.39, 0.29) is 11.9 Å². The van der Waals surface area contributed by atoms with Gasteiger partial charge in [-0.3, -0.25) is 4.79 Å². The fraction of sp³-hybridized carbons (Fsp3) is 0.278. The fourth-order valence-electron chi connectivity index (χ4n) is 2.38. The van der Waals surface area contributed by atoms with Gasteiger partial charge in [0.1, 0.15) is 5.75 Å². The smallest absolute Gasteiger partial charge is 0.197 e. The molecule has 2 aromatic rings. The third-order valence-electron chi connectivity index (χ3n) is 3.38. The molecule has 0 spiro atoms. The average molecular weight is 318 g/mol. The third kappa shape index (κ3) is 3.25. The minimum atomic E-state index is -0.137. The standard InChI is InChI=1S/C18H20ClNO2/c1-10(2)22-15-8-11(3)17(19)12(4)16(15)18(21)13-6-5-7-14(20)9-13/h5-10H,20H2,1-4H3. The van der Waals surface area contributed by atoms with Crippen molar-refractivity contribution < 1.29 is 9.53 Å². The maximum atomic E-state index is 12.9. The van der Waals surface area contributed by atoms with Crippen molar-refractivity contribution >= 4 is 23.1 Å². The van der Waals surface area contributed by atoms with Crippen molar-refractivity contribution in [1.82, 2.24) is 0 Å². The monoisotopic (exact) mass is 317 g/mol. The van der Waals surface area contributed by atoms with Gasteiger partial charge in [-0.15, -0.1) is 0 Å². The van der Waals surface area contributed by atoms with Crippen LogP contribution in [0.3, 0.4) is 0 Å². The fourth-order valence-corrected chi connectivity index (χ4v) is 2.52. The molecule has 0 unspecified atom stereocenters. The number of nitrogens with two attached hydrogens (primary N) is 1. The summed E-state index contributed by atoms with van der Waals surface area (Å²) >= 11 is 6.32. The zero-order valence-corrected chi connectivity index (χ0v) is 14.0. The second-order valence-corrected chi connectivity index (χ2v) is 6.00. The van der Waals surface area contributed by atoms with Crippen LogP contribution in [-0.4, -0.2) is 11.9 Å². The number of ether oxygens (including phenoxy) is 1. The van der Waals surface area contributed by atoms with Crippen molar-refractivity contribution in [3.8, 4) is 5.75 Å². The summed E-state index contributed by atoms with van der Waals surface area (Å²) in [7, 11) is 0. The molecule has 0 aliphatic carbocycles. The molecule has 0 amide bonds. The Balaban J connectivity index is 2.62. The maximum Gasteiger partial charge on any atom is 0.197 e. The number of anilines is 1. The molecular weight excluding hydrogens is 298 g/mol. The molecule has 2 aromatic carbocycles. The largest absolute Gasteiger partial charge is 0.490 e. The summed E-state index contributed by atoms with van der Waals surface area (Å²) in [5.41, 5.74) is 8.96. The zero-order valence-electron chi connectivity index (χ0n) is 13.2. The van der Waals surface area contributed by atoms with Gasteiger partial charge in [0, 0.05) is 16.3 Å². The lowest BCUT2D eigenvalue weighted by Gasteiger charge is -2.18. The van der Waals surface area contributed by atoms with Crippen molar-refractivity contribution in [3.63, 3.8) is 0 Å². The van der Waals surface area contributed by atoms with E-state index >= 15 is 0 Å². The lowest BCUT2D eigenvalue weighted by molar-refractivity contribution is 0.103. The number of carbonyl (C=O) groups excluding carboxylic acids is 1. The van der Waals surface area contributed by atoms with Gasteiger partial charge in [-0.2, -0.15) is 0 Å². The predicted octanol–water partition coefficient (Wildman–Crippen LogP) is 4.56. The zero-order chi connectivity index (χ0) is 16.4. The number of carbonyl (C=O) groups is 1. The predicted molar refractivity (Wildman–Crippen MR) is 91.0 cm³/mol. The summed E-state index contributed by atoms with van der Waals surface area (Å²) in [6, 6.07) is 8.72. The van der Waals surface area contributed by atoms with Crippen molar-refractivity contribution in [3.05, 3.63) is 57.6 Å². The first-order valence-electron chi connectivity index (χ1n) is 7.18. The minimum absolute atomic E-state index is 0.0348. The molecule has 22 heavy (non-hydrogen) atoms. The number of hydrogen-bond acceptors (Lipinski definition) is 3. The molecule has 116 valence electrons. The van der Waals surface area contributed by atoms with Crippen LogP contribution in [0, 0.1) is 13.8 Å². The second kappa shape index (κ2) is 6.41. The maximum absolute atomic E-state index is 12.9. The molecule has 0 heterocycles. The van der Waals surface area contributed by atoms with Crippen LogP contribution in [0.4, 0.5) is 5.69 Å². The summed E-state index contributed by atoms with van der Waals surface area (Å²) in [6.07, 6.45) is -0.0348. The highest BCUT2D eigenvalue weighted by Gasteiger charge is 2.21. The van der Waals surface area contributed by atoms with E-state index in [4.69, 9.17) is 22.1 Å². The molecule has 0 fully saturated rings. The Morgan fingerprint density at radius 2 is 1.91 bits per heavy atom. The molecule has 2 rings (SSSR count). The van der Waals surface area contributed by atoms with Crippen LogP contribution < -0.4 is 10.5 Å². The Bertz CT molecular complexity index is 723. The van der Waals surface area contributed by atoms with E-state index in [1.54, 1.807) is 24.3 Å². The van der Waals surface area contributed by atoms with Gasteiger partial charge in [0.25, 0.3) is 0 Å². The van der Waals surface area contributed by atoms with Crippen LogP contribution in [-0.2, 0) is 0 Å². The van der Waals surface area contributed by atoms with E-state index in [2.05, 4.69) is 0 Å². The Morgan fingerprint density at radius 3 is 2.50 bits per heavy atom. The van der Waals surface area contributed by atoms with Crippen LogP contribution >= 0.6 is 11.6 Å². The van der Waals surface area contributed by atoms with Gasteiger partial charge in [0.15, 0.2) is 5.78 Å². The van der Waals surface area contributed by atoms with Crippen molar-refractivity contribution in [2.24, 2.45) is 0 Å². The Morgan fingerprint density at radius 1 is 1.23 bits per heavy atom. The van der Waals surface area contributed by atoms with E-state index < -0.39 is 0 Å². The van der Waals surface area contributed by atoms with Crippen LogP contribution in [0.1, 0.15) is 40.9 Å². The van der Waals surface area contributed by atoms with Gasteiger partial charge < -0.3 is 10.5 Å². The minimum Gasteiger partial charge on any atom is -0.490 e. The summed E-state index contributed by atoms with van der Waals surface area (Å²) in [6.45, 7) is 7.58. The summed E-state index contributed by atoms with van der Waals surface area (Å²) in [5, 5.41) is 0.586. The average Bonchev–Trinajstić information content (AvgIpc) is 2.44. The topological polar surface area (TPSA) is 52.3 Å². The molecule has 0 bridgehead atoms. The molecular formula is C18H20ClNO2. The lowest BCUT2D eigenvalue weighted by Crippen LogP contribution is -2.13. The molecule has 0 radical (unpaired) electrons. The number of benzene rings is 2. The first-order valence-corrected chi connectivity index (χ1v) is 7.55. The normalized spacial score (nSPS) is 10.8. The first-order chi connectivity index (χ1) is 10.3. The molecule has 0 aromatic heterocycles. The number of rotatable bonds is 4. The first kappa shape index (κ1) is 16.4. The van der Waals surface area contributed by atoms with Gasteiger partial charge in [0.2, 0.25) is 0 Å². The van der Waals surface area contributed by atoms with Crippen molar-refractivity contribution in [2.45, 2.75) is 33.8 Å². The van der Waals surface area contributed by atoms with E-state index in [0.717, 1.165) is 11.1 Å². The highest BCUT2D eigenvalue weighted by molar-refractivity contribution is 6.33. The molecule has 0 saturated carbocycles. The molecule has 0 atom stereocenters. The van der Waals surface area contributed by atoms with Crippen molar-refractivity contribution in [2.75, 3.05) is 5.73 Å². The van der Waals surface area contributed by atoms with Gasteiger partial charge in [-0.05, 0) is 57.0 Å². The molecule has 3 nitrogen and oxygen atoms in total. The Hall–Kier alpha value is -2.00. The summed E-state index contributed by atoms with van der Waals surface area (Å²) < 4.78 is 5.82. The number of ketones is 1. The van der Waals surface area contributed by atoms with Gasteiger partial charge in [-0.1, -0.05) is 23.7 Å². The van der Waals surface area contributed by atoms with Crippen LogP contribution in [0.2, 0.25) is 5.02 Å². The molecule has 4 heteroatoms. The molecule has 0 aliphatic rings. The number of hydrogen-bond donors (Lipinski definition) is 1. The Kier molecular flexibility index (Phi) is 4.77. The SMILES string of the molecule is Cc1cc(OC(C)C)c(C(=O)c2cccc(N)c2)c(C)c1Cl. The van der Waals surface area contributed by atoms with E-state index in [1.807, 2.05) is 33.8 Å². The molecule has 2 N–H and O–H groups in total. The molecule has 0 aliphatic heterocycles. The summed E-state index contributed by atoms with van der Waals surface area (Å²) in [4.78, 5) is 12.9. The number of nitrogen functional groups attached to an aromatic ring is 1.